The number of urea groups is 1. The topological polar surface area (TPSA) is 91.4 Å². The maximum Gasteiger partial charge on any atom is 0.339 e. The number of carbonyl (C=O) groups is 3. The first kappa shape index (κ1) is 26.5. The van der Waals surface area contributed by atoms with Gasteiger partial charge in [0.15, 0.2) is 11.6 Å². The number of carbonyl (C=O) groups excluding carboxylic acids is 3. The molecule has 1 atom stereocenters. The van der Waals surface area contributed by atoms with E-state index >= 15 is 0 Å². The normalized spacial score (nSPS) is 18.6. The van der Waals surface area contributed by atoms with E-state index in [-0.39, 0.29) is 24.7 Å². The molecule has 2 aromatic carbocycles. The van der Waals surface area contributed by atoms with Gasteiger partial charge in [-0.15, -0.1) is 0 Å². The van der Waals surface area contributed by atoms with Crippen LogP contribution in [0.4, 0.5) is 19.3 Å². The average molecular weight is 517 g/mol. The van der Waals surface area contributed by atoms with Gasteiger partial charge >= 0.3 is 12.0 Å². The number of morpholine rings is 1. The van der Waals surface area contributed by atoms with E-state index in [1.165, 1.54) is 13.2 Å². The van der Waals surface area contributed by atoms with Gasteiger partial charge in [-0.2, -0.15) is 0 Å². The zero-order valence-corrected chi connectivity index (χ0v) is 20.6. The van der Waals surface area contributed by atoms with E-state index in [2.05, 4.69) is 15.1 Å². The Hall–Kier alpha value is -3.57. The van der Waals surface area contributed by atoms with Crippen LogP contribution in [-0.2, 0) is 14.3 Å². The molecule has 1 N–H and O–H groups in total. The highest BCUT2D eigenvalue weighted by molar-refractivity contribution is 5.96. The SMILES string of the molecule is COC(=O)c1ccccc1N1CCN(CCCNC(=O)N2C(=O)COCC2c2ccc(F)c(F)c2)CC1. The molecule has 0 spiro atoms. The summed E-state index contributed by atoms with van der Waals surface area (Å²) in [6, 6.07) is 9.24. The van der Waals surface area contributed by atoms with Crippen LogP contribution in [0, 0.1) is 11.6 Å². The number of amides is 3. The number of esters is 1. The molecule has 0 saturated carbocycles. The molecule has 1 unspecified atom stereocenters. The monoisotopic (exact) mass is 516 g/mol. The minimum absolute atomic E-state index is 0.00756. The Morgan fingerprint density at radius 1 is 1.08 bits per heavy atom. The number of hydrogen-bond acceptors (Lipinski definition) is 7. The molecule has 3 amide bonds. The molecule has 2 heterocycles. The number of imide groups is 1. The van der Waals surface area contributed by atoms with Crippen LogP contribution in [0.1, 0.15) is 28.4 Å². The molecule has 0 aromatic heterocycles. The Kier molecular flexibility index (Phi) is 8.67. The van der Waals surface area contributed by atoms with E-state index in [0.29, 0.717) is 18.5 Å². The van der Waals surface area contributed by atoms with Crippen LogP contribution in [0.3, 0.4) is 0 Å². The van der Waals surface area contributed by atoms with Gasteiger partial charge in [-0.25, -0.2) is 18.4 Å². The van der Waals surface area contributed by atoms with Crippen molar-refractivity contribution in [3.63, 3.8) is 0 Å². The van der Waals surface area contributed by atoms with Gasteiger partial charge in [0.1, 0.15) is 6.61 Å². The van der Waals surface area contributed by atoms with Gasteiger partial charge in [0.2, 0.25) is 0 Å². The summed E-state index contributed by atoms with van der Waals surface area (Å²) in [7, 11) is 1.37. The third-order valence-corrected chi connectivity index (χ3v) is 6.58. The number of halogens is 2. The summed E-state index contributed by atoms with van der Waals surface area (Å²) in [6.45, 7) is 3.94. The number of benzene rings is 2. The van der Waals surface area contributed by atoms with Crippen LogP contribution in [0.5, 0.6) is 0 Å². The minimum atomic E-state index is -1.05. The van der Waals surface area contributed by atoms with Crippen molar-refractivity contribution in [1.29, 1.82) is 0 Å². The third kappa shape index (κ3) is 6.23. The van der Waals surface area contributed by atoms with Crippen LogP contribution in [0.25, 0.3) is 0 Å². The van der Waals surface area contributed by atoms with Crippen LogP contribution in [0.15, 0.2) is 42.5 Å². The van der Waals surface area contributed by atoms with Crippen molar-refractivity contribution in [1.82, 2.24) is 15.1 Å². The van der Waals surface area contributed by atoms with Crippen LogP contribution in [0.2, 0.25) is 0 Å². The highest BCUT2D eigenvalue weighted by Crippen LogP contribution is 2.26. The van der Waals surface area contributed by atoms with E-state index in [9.17, 15) is 23.2 Å². The average Bonchev–Trinajstić information content (AvgIpc) is 2.92. The molecular formula is C26H30F2N4O5. The standard InChI is InChI=1S/C26H30F2N4O5/c1-36-25(34)19-5-2-3-6-22(19)31-13-11-30(12-14-31)10-4-9-29-26(35)32-23(16-37-17-24(32)33)18-7-8-20(27)21(28)15-18/h2-3,5-8,15,23H,4,9-14,16-17H2,1H3,(H,29,35). The summed E-state index contributed by atoms with van der Waals surface area (Å²) >= 11 is 0. The quantitative estimate of drug-likeness (QED) is 0.447. The highest BCUT2D eigenvalue weighted by Gasteiger charge is 2.35. The lowest BCUT2D eigenvalue weighted by molar-refractivity contribution is -0.143. The van der Waals surface area contributed by atoms with Crippen molar-refractivity contribution in [2.24, 2.45) is 0 Å². The number of nitrogens with zero attached hydrogens (tertiary/aromatic N) is 3. The summed E-state index contributed by atoms with van der Waals surface area (Å²) < 4.78 is 37.2. The number of nitrogens with one attached hydrogen (secondary N) is 1. The van der Waals surface area contributed by atoms with Crippen molar-refractivity contribution in [2.45, 2.75) is 12.5 Å². The first-order valence-corrected chi connectivity index (χ1v) is 12.2. The number of methoxy groups -OCH3 is 1. The van der Waals surface area contributed by atoms with Crippen molar-refractivity contribution < 1.29 is 32.6 Å². The molecule has 4 rings (SSSR count). The summed E-state index contributed by atoms with van der Waals surface area (Å²) in [6.07, 6.45) is 0.666. The molecule has 2 aliphatic rings. The first-order chi connectivity index (χ1) is 17.9. The number of piperazine rings is 1. The molecule has 0 radical (unpaired) electrons. The molecule has 2 fully saturated rings. The second-order valence-corrected chi connectivity index (χ2v) is 8.89. The zero-order chi connectivity index (χ0) is 26.4. The van der Waals surface area contributed by atoms with Gasteiger partial charge in [0.25, 0.3) is 5.91 Å². The molecular weight excluding hydrogens is 486 g/mol. The van der Waals surface area contributed by atoms with Crippen molar-refractivity contribution >= 4 is 23.6 Å². The summed E-state index contributed by atoms with van der Waals surface area (Å²) in [5, 5.41) is 2.76. The fraction of sp³-hybridized carbons (Fsp3) is 0.423. The van der Waals surface area contributed by atoms with Gasteiger partial charge in [0.05, 0.1) is 31.0 Å². The second kappa shape index (κ2) is 12.1. The fourth-order valence-electron chi connectivity index (χ4n) is 4.62. The van der Waals surface area contributed by atoms with Crippen LogP contribution >= 0.6 is 0 Å². The van der Waals surface area contributed by atoms with Crippen LogP contribution in [-0.4, -0.2) is 87.3 Å². The third-order valence-electron chi connectivity index (χ3n) is 6.58. The number of anilines is 1. The lowest BCUT2D eigenvalue weighted by Gasteiger charge is -2.37. The first-order valence-electron chi connectivity index (χ1n) is 12.2. The zero-order valence-electron chi connectivity index (χ0n) is 20.6. The summed E-state index contributed by atoms with van der Waals surface area (Å²) in [4.78, 5) is 42.8. The number of rotatable bonds is 7. The Labute approximate surface area is 213 Å². The minimum Gasteiger partial charge on any atom is -0.465 e. The smallest absolute Gasteiger partial charge is 0.339 e. The van der Waals surface area contributed by atoms with Gasteiger partial charge in [-0.3, -0.25) is 14.6 Å². The molecule has 2 saturated heterocycles. The van der Waals surface area contributed by atoms with Gasteiger partial charge in [-0.1, -0.05) is 18.2 Å². The summed E-state index contributed by atoms with van der Waals surface area (Å²) in [5.41, 5.74) is 1.68. The van der Waals surface area contributed by atoms with Crippen molar-refractivity contribution in [3.05, 3.63) is 65.2 Å². The Balaban J connectivity index is 1.25. The van der Waals surface area contributed by atoms with Crippen LogP contribution < -0.4 is 10.2 Å². The van der Waals surface area contributed by atoms with E-state index in [0.717, 1.165) is 55.4 Å². The van der Waals surface area contributed by atoms with Crippen molar-refractivity contribution in [3.8, 4) is 0 Å². The van der Waals surface area contributed by atoms with Crippen molar-refractivity contribution in [2.75, 3.05) is 64.5 Å². The second-order valence-electron chi connectivity index (χ2n) is 8.89. The van der Waals surface area contributed by atoms with E-state index in [4.69, 9.17) is 9.47 Å². The Morgan fingerprint density at radius 3 is 2.57 bits per heavy atom. The van der Waals surface area contributed by atoms with Gasteiger partial charge in [-0.05, 0) is 42.8 Å². The fourth-order valence-corrected chi connectivity index (χ4v) is 4.62. The number of hydrogen-bond donors (Lipinski definition) is 1. The van der Waals surface area contributed by atoms with Gasteiger partial charge < -0.3 is 19.7 Å². The molecule has 198 valence electrons. The van der Waals surface area contributed by atoms with E-state index in [1.54, 1.807) is 6.07 Å². The predicted molar refractivity (Wildman–Crippen MR) is 131 cm³/mol. The Bertz CT molecular complexity index is 1140. The maximum absolute atomic E-state index is 13.7. The van der Waals surface area contributed by atoms with E-state index < -0.39 is 29.6 Å². The molecule has 11 heteroatoms. The lowest BCUT2D eigenvalue weighted by atomic mass is 10.0. The Morgan fingerprint density at radius 2 is 1.84 bits per heavy atom. The highest BCUT2D eigenvalue weighted by atomic mass is 19.2. The molecule has 2 aromatic rings. The lowest BCUT2D eigenvalue weighted by Crippen LogP contribution is -2.52. The molecule has 0 aliphatic carbocycles. The summed E-state index contributed by atoms with van der Waals surface area (Å²) in [5.74, 6) is -2.96. The largest absolute Gasteiger partial charge is 0.465 e. The number of para-hydroxylation sites is 1. The van der Waals surface area contributed by atoms with E-state index in [1.807, 2.05) is 18.2 Å². The molecule has 37 heavy (non-hydrogen) atoms. The molecule has 9 nitrogen and oxygen atoms in total. The predicted octanol–water partition coefficient (Wildman–Crippen LogP) is 2.57. The maximum atomic E-state index is 13.7. The molecule has 2 aliphatic heterocycles. The molecule has 0 bridgehead atoms. The van der Waals surface area contributed by atoms with Gasteiger partial charge in [0, 0.05) is 32.7 Å². The number of ether oxygens (including phenoxy) is 2.